The summed E-state index contributed by atoms with van der Waals surface area (Å²) in [6, 6.07) is 15.8. The largest absolute Gasteiger partial charge is 0.497 e. The van der Waals surface area contributed by atoms with Crippen LogP contribution in [0.3, 0.4) is 0 Å². The molecule has 3 aromatic rings. The van der Waals surface area contributed by atoms with Gasteiger partial charge in [0.2, 0.25) is 5.91 Å². The van der Waals surface area contributed by atoms with Crippen LogP contribution in [0, 0.1) is 0 Å². The molecule has 0 radical (unpaired) electrons. The first-order chi connectivity index (χ1) is 14.7. The minimum Gasteiger partial charge on any atom is -0.497 e. The number of hydrogen-bond acceptors (Lipinski definition) is 7. The Labute approximate surface area is 184 Å². The van der Waals surface area contributed by atoms with E-state index in [4.69, 9.17) is 14.5 Å². The van der Waals surface area contributed by atoms with Crippen LogP contribution in [0.25, 0.3) is 10.2 Å². The van der Waals surface area contributed by atoms with E-state index in [-0.39, 0.29) is 5.91 Å². The number of ether oxygens (including phenoxy) is 2. The van der Waals surface area contributed by atoms with Crippen molar-refractivity contribution >= 4 is 44.4 Å². The molecular weight excluding hydrogens is 418 g/mol. The second kappa shape index (κ2) is 10.3. The van der Waals surface area contributed by atoms with Gasteiger partial charge in [-0.2, -0.15) is 0 Å². The van der Waals surface area contributed by atoms with Gasteiger partial charge in [0.1, 0.15) is 5.75 Å². The third-order valence-corrected chi connectivity index (χ3v) is 7.00. The topological polar surface area (TPSA) is 54.9 Å². The highest BCUT2D eigenvalue weighted by atomic mass is 32.2. The number of morpholine rings is 1. The van der Waals surface area contributed by atoms with Gasteiger partial charge in [0.15, 0.2) is 5.13 Å². The Hall–Kier alpha value is -2.13. The number of aromatic nitrogens is 1. The monoisotopic (exact) mass is 443 g/mol. The van der Waals surface area contributed by atoms with Crippen molar-refractivity contribution in [3.05, 3.63) is 48.5 Å². The molecule has 158 valence electrons. The number of carbonyl (C=O) groups excluding carboxylic acids is 1. The molecular formula is C22H25N3O3S2. The summed E-state index contributed by atoms with van der Waals surface area (Å²) in [4.78, 5) is 23.2. The fraction of sp³-hybridized carbons (Fsp3) is 0.364. The number of methoxy groups -OCH3 is 1. The van der Waals surface area contributed by atoms with Crippen molar-refractivity contribution in [2.45, 2.75) is 4.90 Å². The molecule has 0 saturated carbocycles. The van der Waals surface area contributed by atoms with Crippen LogP contribution >= 0.6 is 23.1 Å². The molecule has 0 aliphatic carbocycles. The zero-order valence-electron chi connectivity index (χ0n) is 17.0. The summed E-state index contributed by atoms with van der Waals surface area (Å²) in [6.07, 6.45) is 0. The van der Waals surface area contributed by atoms with E-state index >= 15 is 0 Å². The molecule has 8 heteroatoms. The molecule has 0 spiro atoms. The number of fused-ring (bicyclic) bond motifs is 1. The Morgan fingerprint density at radius 1 is 1.23 bits per heavy atom. The molecule has 0 bridgehead atoms. The minimum atomic E-state index is 0.0723. The fourth-order valence-electron chi connectivity index (χ4n) is 3.27. The lowest BCUT2D eigenvalue weighted by Crippen LogP contribution is -2.43. The van der Waals surface area contributed by atoms with E-state index in [1.807, 2.05) is 53.4 Å². The standard InChI is InChI=1S/C22H25N3O3S2/c1-27-17-7-8-19-20(15-17)30-22(23-19)25(10-9-24-11-13-28-14-12-24)21(26)16-29-18-5-3-2-4-6-18/h2-8,15H,9-14,16H2,1H3. The number of nitrogens with zero attached hydrogens (tertiary/aromatic N) is 3. The molecule has 1 amide bonds. The number of thiazole rings is 1. The van der Waals surface area contributed by atoms with Gasteiger partial charge in [-0.3, -0.25) is 14.6 Å². The van der Waals surface area contributed by atoms with Gasteiger partial charge >= 0.3 is 0 Å². The summed E-state index contributed by atoms with van der Waals surface area (Å²) in [5.74, 6) is 1.25. The van der Waals surface area contributed by atoms with Gasteiger partial charge in [-0.05, 0) is 30.3 Å². The number of rotatable bonds is 8. The molecule has 1 aromatic heterocycles. The van der Waals surface area contributed by atoms with Crippen molar-refractivity contribution in [2.75, 3.05) is 57.2 Å². The summed E-state index contributed by atoms with van der Waals surface area (Å²) in [7, 11) is 1.65. The van der Waals surface area contributed by atoms with Crippen molar-refractivity contribution in [2.24, 2.45) is 0 Å². The zero-order chi connectivity index (χ0) is 20.8. The van der Waals surface area contributed by atoms with Gasteiger partial charge in [0.05, 0.1) is 36.3 Å². The van der Waals surface area contributed by atoms with E-state index in [1.165, 1.54) is 11.3 Å². The second-order valence-corrected chi connectivity index (χ2v) is 8.99. The number of benzene rings is 2. The van der Waals surface area contributed by atoms with Crippen molar-refractivity contribution in [1.29, 1.82) is 0 Å². The highest BCUT2D eigenvalue weighted by Crippen LogP contribution is 2.32. The van der Waals surface area contributed by atoms with Crippen LogP contribution in [0.15, 0.2) is 53.4 Å². The molecule has 0 atom stereocenters. The molecule has 4 rings (SSSR count). The quantitative estimate of drug-likeness (QED) is 0.494. The summed E-state index contributed by atoms with van der Waals surface area (Å²) in [5, 5.41) is 0.741. The average Bonchev–Trinajstić information content (AvgIpc) is 3.22. The highest BCUT2D eigenvalue weighted by Gasteiger charge is 2.22. The van der Waals surface area contributed by atoms with E-state index < -0.39 is 0 Å². The number of hydrogen-bond donors (Lipinski definition) is 0. The first-order valence-electron chi connectivity index (χ1n) is 9.96. The fourth-order valence-corrected chi connectivity index (χ4v) is 5.10. The van der Waals surface area contributed by atoms with E-state index in [0.29, 0.717) is 12.3 Å². The van der Waals surface area contributed by atoms with E-state index in [9.17, 15) is 4.79 Å². The first kappa shape index (κ1) is 21.1. The molecule has 6 nitrogen and oxygen atoms in total. The van der Waals surface area contributed by atoms with Crippen molar-refractivity contribution in [3.63, 3.8) is 0 Å². The van der Waals surface area contributed by atoms with Crippen LogP contribution < -0.4 is 9.64 Å². The third-order valence-electron chi connectivity index (χ3n) is 4.97. The predicted molar refractivity (Wildman–Crippen MR) is 123 cm³/mol. The Morgan fingerprint density at radius 2 is 2.03 bits per heavy atom. The van der Waals surface area contributed by atoms with Crippen LogP contribution in [-0.2, 0) is 9.53 Å². The number of carbonyl (C=O) groups is 1. The average molecular weight is 444 g/mol. The highest BCUT2D eigenvalue weighted by molar-refractivity contribution is 8.00. The zero-order valence-corrected chi connectivity index (χ0v) is 18.6. The van der Waals surface area contributed by atoms with Crippen LogP contribution in [-0.4, -0.2) is 68.0 Å². The lowest BCUT2D eigenvalue weighted by atomic mass is 10.3. The van der Waals surface area contributed by atoms with E-state index in [2.05, 4.69) is 4.90 Å². The summed E-state index contributed by atoms with van der Waals surface area (Å²) < 4.78 is 11.8. The number of amides is 1. The van der Waals surface area contributed by atoms with Gasteiger partial charge in [-0.25, -0.2) is 4.98 Å². The van der Waals surface area contributed by atoms with Crippen LogP contribution in [0.2, 0.25) is 0 Å². The Bertz CT molecular complexity index is 974. The summed E-state index contributed by atoms with van der Waals surface area (Å²) in [6.45, 7) is 4.72. The molecule has 2 heterocycles. The molecule has 1 aliphatic heterocycles. The maximum Gasteiger partial charge on any atom is 0.239 e. The molecule has 1 aliphatic rings. The lowest BCUT2D eigenvalue weighted by Gasteiger charge is -2.29. The smallest absolute Gasteiger partial charge is 0.239 e. The number of thioether (sulfide) groups is 1. The maximum atomic E-state index is 13.2. The molecule has 0 N–H and O–H groups in total. The Kier molecular flexibility index (Phi) is 7.22. The van der Waals surface area contributed by atoms with Gasteiger partial charge < -0.3 is 9.47 Å². The molecule has 1 fully saturated rings. The molecule has 2 aromatic carbocycles. The Morgan fingerprint density at radius 3 is 2.80 bits per heavy atom. The lowest BCUT2D eigenvalue weighted by molar-refractivity contribution is -0.116. The third kappa shape index (κ3) is 5.31. The summed E-state index contributed by atoms with van der Waals surface area (Å²) in [5.41, 5.74) is 0.885. The van der Waals surface area contributed by atoms with Crippen molar-refractivity contribution in [1.82, 2.24) is 9.88 Å². The van der Waals surface area contributed by atoms with Crippen molar-refractivity contribution < 1.29 is 14.3 Å². The summed E-state index contributed by atoms with van der Waals surface area (Å²) >= 11 is 3.09. The van der Waals surface area contributed by atoms with Gasteiger partial charge in [0, 0.05) is 31.1 Å². The van der Waals surface area contributed by atoms with Crippen molar-refractivity contribution in [3.8, 4) is 5.75 Å². The minimum absolute atomic E-state index is 0.0723. The normalized spacial score (nSPS) is 14.7. The molecule has 1 saturated heterocycles. The van der Waals surface area contributed by atoms with Gasteiger partial charge in [-0.1, -0.05) is 29.5 Å². The van der Waals surface area contributed by atoms with Crippen LogP contribution in [0.4, 0.5) is 5.13 Å². The predicted octanol–water partition coefficient (Wildman–Crippen LogP) is 3.76. The van der Waals surface area contributed by atoms with E-state index in [0.717, 1.165) is 58.8 Å². The first-order valence-corrected chi connectivity index (χ1v) is 11.8. The SMILES string of the molecule is COc1ccc2nc(N(CCN3CCOCC3)C(=O)CSc3ccccc3)sc2c1. The molecule has 0 unspecified atom stereocenters. The molecule has 30 heavy (non-hydrogen) atoms. The van der Waals surface area contributed by atoms with Gasteiger partial charge in [-0.15, -0.1) is 11.8 Å². The van der Waals surface area contributed by atoms with Crippen LogP contribution in [0.1, 0.15) is 0 Å². The Balaban J connectivity index is 1.51. The van der Waals surface area contributed by atoms with E-state index in [1.54, 1.807) is 18.9 Å². The number of anilines is 1. The van der Waals surface area contributed by atoms with Gasteiger partial charge in [0.25, 0.3) is 0 Å². The maximum absolute atomic E-state index is 13.2. The second-order valence-electron chi connectivity index (χ2n) is 6.93. The van der Waals surface area contributed by atoms with Crippen LogP contribution in [0.5, 0.6) is 5.75 Å².